The van der Waals surface area contributed by atoms with Crippen molar-refractivity contribution in [1.29, 1.82) is 0 Å². The van der Waals surface area contributed by atoms with Crippen molar-refractivity contribution in [2.24, 2.45) is 0 Å². The second-order valence-corrected chi connectivity index (χ2v) is 34.0. The maximum absolute atomic E-state index is 5.15. The van der Waals surface area contributed by atoms with Crippen LogP contribution in [0.3, 0.4) is 0 Å². The summed E-state index contributed by atoms with van der Waals surface area (Å²) in [6.07, 6.45) is 2.73. The van der Waals surface area contributed by atoms with E-state index < -0.39 is 0 Å². The number of benzene rings is 18. The Hall–Kier alpha value is -17.9. The van der Waals surface area contributed by atoms with Gasteiger partial charge in [-0.3, -0.25) is 0 Å². The molecule has 4 heterocycles. The van der Waals surface area contributed by atoms with Gasteiger partial charge in [-0.15, -0.1) is 0 Å². The van der Waals surface area contributed by atoms with Crippen molar-refractivity contribution in [3.8, 4) is 214 Å². The molecule has 0 bridgehead atoms. The fraction of sp³-hybridized carbons (Fsp3) is 0.0240. The van der Waals surface area contributed by atoms with E-state index in [1.807, 2.05) is 194 Å². The minimum atomic E-state index is 0.553. The summed E-state index contributed by atoms with van der Waals surface area (Å²) in [5.74, 6) is 5.76. The molecule has 0 saturated heterocycles. The molecule has 18 aromatic carbocycles. The van der Waals surface area contributed by atoms with Gasteiger partial charge in [0.25, 0.3) is 0 Å². The molecule has 0 atom stereocenters. The van der Waals surface area contributed by atoms with Crippen LogP contribution in [0.2, 0.25) is 0 Å². The van der Waals surface area contributed by atoms with E-state index in [0.717, 1.165) is 86.2 Å². The van der Waals surface area contributed by atoms with Crippen molar-refractivity contribution in [2.75, 3.05) is 0 Å². The van der Waals surface area contributed by atoms with Gasteiger partial charge in [-0.05, 0) is 201 Å². The van der Waals surface area contributed by atoms with Gasteiger partial charge in [0.05, 0.1) is 5.69 Å². The summed E-state index contributed by atoms with van der Waals surface area (Å²) >= 11 is 0. The second kappa shape index (κ2) is 36.6. The van der Waals surface area contributed by atoms with Crippen LogP contribution in [0, 0.1) is 0 Å². The number of rotatable bonds is 16. The van der Waals surface area contributed by atoms with Crippen LogP contribution in [-0.2, 0) is 19.3 Å². The molecule has 4 aromatic heterocycles. The summed E-state index contributed by atoms with van der Waals surface area (Å²) < 4.78 is 0. The van der Waals surface area contributed by atoms with Crippen molar-refractivity contribution in [2.45, 2.75) is 19.3 Å². The molecule has 22 aromatic rings. The van der Waals surface area contributed by atoms with Crippen molar-refractivity contribution in [3.63, 3.8) is 0 Å². The maximum Gasteiger partial charge on any atom is 0.182 e. The Bertz CT molecular complexity index is 7980. The molecule has 135 heavy (non-hydrogen) atoms. The van der Waals surface area contributed by atoms with Gasteiger partial charge in [-0.1, -0.05) is 425 Å². The van der Waals surface area contributed by atoms with Gasteiger partial charge < -0.3 is 0 Å². The molecule has 0 spiro atoms. The number of pyridine rings is 1. The fourth-order valence-corrected chi connectivity index (χ4v) is 19.0. The quantitative estimate of drug-likeness (QED) is 0.0922. The van der Waals surface area contributed by atoms with Gasteiger partial charge in [0.1, 0.15) is 5.69 Å². The standard InChI is InChI=1S/C46H31N3.C40H27N3.C39H26N4/c1-4-13-31(14-5-1)34-19-10-21-37(27-34)40-23-12-24-41-42-29-36(25-26-38(42)30-43(40)41)35-20-11-22-39(28-35)46-48-44(32-15-6-2-7-16-32)47-45(49-46)33-17-8-3-9-18-33;1-4-13-27(14-5-1)35-25-33(26-36-34-22-11-10-19-31(34)24-37(35)36)30-20-12-21-32(23-30)40-42-38(28-15-6-2-7-16-28)41-39(43-40)29-17-8-3-9-18-29;1-4-13-26(14-5-1)29-19-10-20-30-31-21-11-22-32(34(31)25-33(29)30)35-23-12-24-36(40-35)39-42-37(27-15-6-2-7-16-27)41-38(43-39)28-17-8-3-9-18-28/h1-29H,30H2;1-23,25-26H,24H2;1-24H,25H2. The van der Waals surface area contributed by atoms with Gasteiger partial charge in [0.15, 0.2) is 52.4 Å². The molecule has 0 aliphatic heterocycles. The molecule has 634 valence electrons. The predicted molar refractivity (Wildman–Crippen MR) is 549 cm³/mol. The minimum absolute atomic E-state index is 0.553. The Morgan fingerprint density at radius 2 is 0.370 bits per heavy atom. The fourth-order valence-electron chi connectivity index (χ4n) is 19.0. The highest BCUT2D eigenvalue weighted by molar-refractivity contribution is 5.94. The summed E-state index contributed by atoms with van der Waals surface area (Å²) in [5, 5.41) is 0. The van der Waals surface area contributed by atoms with E-state index in [-0.39, 0.29) is 0 Å². The minimum Gasteiger partial charge on any atom is -0.244 e. The zero-order valence-corrected chi connectivity index (χ0v) is 73.6. The molecule has 10 heteroatoms. The van der Waals surface area contributed by atoms with E-state index in [9.17, 15) is 0 Å². The zero-order chi connectivity index (χ0) is 89.8. The van der Waals surface area contributed by atoms with Crippen molar-refractivity contribution in [3.05, 3.63) is 507 Å². The topological polar surface area (TPSA) is 129 Å². The Morgan fingerprint density at radius 1 is 0.111 bits per heavy atom. The molecule has 0 N–H and O–H groups in total. The first-order valence-corrected chi connectivity index (χ1v) is 45.7. The number of fused-ring (bicyclic) bond motifs is 9. The largest absolute Gasteiger partial charge is 0.244 e. The third-order valence-electron chi connectivity index (χ3n) is 25.6. The van der Waals surface area contributed by atoms with E-state index in [1.165, 1.54) is 122 Å². The zero-order valence-electron chi connectivity index (χ0n) is 73.6. The second-order valence-electron chi connectivity index (χ2n) is 34.0. The van der Waals surface area contributed by atoms with Gasteiger partial charge in [-0.25, -0.2) is 49.8 Å². The lowest BCUT2D eigenvalue weighted by Gasteiger charge is -2.14. The van der Waals surface area contributed by atoms with E-state index in [2.05, 4.69) is 279 Å². The first kappa shape index (κ1) is 81.6. The molecular formula is C125H84N10. The molecule has 0 amide bonds. The number of hydrogen-bond acceptors (Lipinski definition) is 10. The van der Waals surface area contributed by atoms with E-state index >= 15 is 0 Å². The first-order chi connectivity index (χ1) is 66.9. The van der Waals surface area contributed by atoms with Crippen LogP contribution < -0.4 is 0 Å². The maximum atomic E-state index is 5.15. The Balaban J connectivity index is 0.000000114. The summed E-state index contributed by atoms with van der Waals surface area (Å²) in [6.45, 7) is 0. The highest BCUT2D eigenvalue weighted by Gasteiger charge is 2.29. The summed E-state index contributed by atoms with van der Waals surface area (Å²) in [7, 11) is 0. The van der Waals surface area contributed by atoms with Gasteiger partial charge in [-0.2, -0.15) is 0 Å². The molecule has 0 fully saturated rings. The highest BCUT2D eigenvalue weighted by atomic mass is 15.1. The first-order valence-electron chi connectivity index (χ1n) is 45.7. The predicted octanol–water partition coefficient (Wildman–Crippen LogP) is 30.4. The van der Waals surface area contributed by atoms with Gasteiger partial charge >= 0.3 is 0 Å². The summed E-state index contributed by atoms with van der Waals surface area (Å²) in [4.78, 5) is 49.4. The van der Waals surface area contributed by atoms with Crippen molar-refractivity contribution in [1.82, 2.24) is 49.8 Å². The number of nitrogens with zero attached hydrogens (tertiary/aromatic N) is 10. The molecule has 0 radical (unpaired) electrons. The number of hydrogen-bond donors (Lipinski definition) is 0. The molecule has 0 saturated carbocycles. The molecule has 25 rings (SSSR count). The van der Waals surface area contributed by atoms with Crippen LogP contribution in [0.5, 0.6) is 0 Å². The molecular weight excluding hydrogens is 1640 g/mol. The van der Waals surface area contributed by atoms with E-state index in [0.29, 0.717) is 58.1 Å². The van der Waals surface area contributed by atoms with Crippen LogP contribution in [-0.4, -0.2) is 49.8 Å². The normalized spacial score (nSPS) is 11.6. The van der Waals surface area contributed by atoms with Crippen LogP contribution >= 0.6 is 0 Å². The SMILES string of the molecule is c1ccc(-c2cccc(-c3cccc4c3Cc3ccc(-c5cccc(-c6nc(-c7ccccc7)nc(-c7ccccc7)n6)c5)cc3-4)c2)cc1.c1ccc(-c2nc(-c3ccccc3)nc(-c3cccc(-c4cc(-c5ccccc5)c5c(c4)-c4ccccc4C5)c3)n2)cc1.c1ccc(-c2nc(-c3ccccc3)nc(-c3cccc(-c4cccc5c4Cc4c(-c6ccccc6)cccc4-5)n3)n2)cc1. The molecule has 3 aliphatic carbocycles. The molecule has 3 aliphatic rings. The Labute approximate surface area is 784 Å². The average molecular weight is 1730 g/mol. The molecule has 0 unspecified atom stereocenters. The van der Waals surface area contributed by atoms with Gasteiger partial charge in [0.2, 0.25) is 0 Å². The lowest BCUT2D eigenvalue weighted by molar-refractivity contribution is 1.06. The average Bonchev–Trinajstić information content (AvgIpc) is 1.62. The van der Waals surface area contributed by atoms with Crippen molar-refractivity contribution < 1.29 is 0 Å². The number of aromatic nitrogens is 10. The smallest absolute Gasteiger partial charge is 0.182 e. The monoisotopic (exact) mass is 1720 g/mol. The van der Waals surface area contributed by atoms with E-state index in [4.69, 9.17) is 49.8 Å². The van der Waals surface area contributed by atoms with Crippen LogP contribution in [0.1, 0.15) is 33.4 Å². The lowest BCUT2D eigenvalue weighted by atomic mass is 9.90. The van der Waals surface area contributed by atoms with Crippen LogP contribution in [0.15, 0.2) is 473 Å². The molecule has 10 nitrogen and oxygen atoms in total. The third-order valence-corrected chi connectivity index (χ3v) is 25.6. The summed E-state index contributed by atoms with van der Waals surface area (Å²) in [5.41, 5.74) is 41.1. The Morgan fingerprint density at radius 3 is 0.837 bits per heavy atom. The van der Waals surface area contributed by atoms with E-state index in [1.54, 1.807) is 0 Å². The highest BCUT2D eigenvalue weighted by Crippen LogP contribution is 2.49. The lowest BCUT2D eigenvalue weighted by Crippen LogP contribution is -2.01. The third kappa shape index (κ3) is 16.8. The Kier molecular flexibility index (Phi) is 22.1. The van der Waals surface area contributed by atoms with Crippen LogP contribution in [0.25, 0.3) is 214 Å². The van der Waals surface area contributed by atoms with Crippen molar-refractivity contribution >= 4 is 0 Å². The van der Waals surface area contributed by atoms with Gasteiger partial charge in [0, 0.05) is 50.1 Å². The summed E-state index contributed by atoms with van der Waals surface area (Å²) in [6, 6.07) is 165. The van der Waals surface area contributed by atoms with Crippen LogP contribution in [0.4, 0.5) is 0 Å².